The van der Waals surface area contributed by atoms with Crippen molar-refractivity contribution in [1.29, 1.82) is 0 Å². The van der Waals surface area contributed by atoms with Gasteiger partial charge in [0.05, 0.1) is 13.7 Å². The third-order valence-corrected chi connectivity index (χ3v) is 1.95. The second-order valence-corrected chi connectivity index (χ2v) is 3.02. The van der Waals surface area contributed by atoms with Gasteiger partial charge in [0.1, 0.15) is 11.6 Å². The van der Waals surface area contributed by atoms with Crippen LogP contribution >= 0.6 is 0 Å². The van der Waals surface area contributed by atoms with Crippen molar-refractivity contribution < 1.29 is 9.13 Å². The number of halogens is 1. The summed E-state index contributed by atoms with van der Waals surface area (Å²) in [6.07, 6.45) is 2.63. The zero-order chi connectivity index (χ0) is 10.6. The van der Waals surface area contributed by atoms with E-state index in [9.17, 15) is 4.39 Å². The van der Waals surface area contributed by atoms with E-state index in [0.717, 1.165) is 5.57 Å². The average molecular weight is 199 g/mol. The molecule has 0 aromatic heterocycles. The number of methoxy groups -OCH3 is 1. The van der Waals surface area contributed by atoms with Crippen LogP contribution in [0.2, 0.25) is 0 Å². The summed E-state index contributed by atoms with van der Waals surface area (Å²) in [5.41, 5.74) is 11.3. The molecule has 0 aromatic carbocycles. The van der Waals surface area contributed by atoms with Crippen LogP contribution in [-0.2, 0) is 4.74 Å². The number of ether oxygens (including phenoxy) is 1. The Hall–Kier alpha value is -1.52. The molecule has 0 saturated heterocycles. The van der Waals surface area contributed by atoms with Gasteiger partial charge in [-0.15, -0.1) is 0 Å². The molecule has 4 N–H and O–H groups in total. The van der Waals surface area contributed by atoms with Gasteiger partial charge in [-0.05, 0) is 18.1 Å². The number of hydrogen-bond acceptors (Lipinski definition) is 2. The van der Waals surface area contributed by atoms with Crippen molar-refractivity contribution in [3.63, 3.8) is 0 Å². The lowest BCUT2D eigenvalue weighted by atomic mass is 10.0. The molecule has 0 aromatic rings. The fraction of sp³-hybridized carbons (Fsp3) is 0.444. The summed E-state index contributed by atoms with van der Waals surface area (Å²) in [4.78, 5) is 3.85. The van der Waals surface area contributed by atoms with Gasteiger partial charge >= 0.3 is 0 Å². The standard InChI is InChI=1S/C9H14FN3O/c1-14-8-4-6(2-3-7(8)10)5-13-9(11)12/h4H,2-3,5H2,1H3,(H4,11,12,13). The highest BCUT2D eigenvalue weighted by Crippen LogP contribution is 2.25. The molecule has 0 atom stereocenters. The Morgan fingerprint density at radius 2 is 2.29 bits per heavy atom. The summed E-state index contributed by atoms with van der Waals surface area (Å²) in [6, 6.07) is 0. The molecule has 0 spiro atoms. The molecule has 0 fully saturated rings. The molecule has 14 heavy (non-hydrogen) atoms. The predicted octanol–water partition coefficient (Wildman–Crippen LogP) is 0.808. The molecule has 0 heterocycles. The van der Waals surface area contributed by atoms with Gasteiger partial charge in [-0.25, -0.2) is 9.38 Å². The molecule has 0 radical (unpaired) electrons. The van der Waals surface area contributed by atoms with E-state index in [2.05, 4.69) is 4.99 Å². The number of nitrogens with two attached hydrogens (primary N) is 2. The Bertz CT molecular complexity index is 303. The summed E-state index contributed by atoms with van der Waals surface area (Å²) in [6.45, 7) is 0.405. The number of nitrogens with zero attached hydrogens (tertiary/aromatic N) is 1. The lowest BCUT2D eigenvalue weighted by Gasteiger charge is -2.13. The molecule has 1 rings (SSSR count). The van der Waals surface area contributed by atoms with Gasteiger partial charge < -0.3 is 16.2 Å². The Morgan fingerprint density at radius 1 is 1.57 bits per heavy atom. The van der Waals surface area contributed by atoms with Crippen molar-refractivity contribution in [2.45, 2.75) is 12.8 Å². The molecule has 0 amide bonds. The van der Waals surface area contributed by atoms with E-state index < -0.39 is 0 Å². The highest BCUT2D eigenvalue weighted by atomic mass is 19.1. The van der Waals surface area contributed by atoms with Gasteiger partial charge in [0.2, 0.25) is 0 Å². The van der Waals surface area contributed by atoms with Crippen LogP contribution in [0.4, 0.5) is 4.39 Å². The lowest BCUT2D eigenvalue weighted by molar-refractivity contribution is 0.283. The molecule has 0 bridgehead atoms. The minimum absolute atomic E-state index is 0.0416. The summed E-state index contributed by atoms with van der Waals surface area (Å²) in [5, 5.41) is 0. The van der Waals surface area contributed by atoms with Crippen LogP contribution in [0.25, 0.3) is 0 Å². The van der Waals surface area contributed by atoms with E-state index in [1.165, 1.54) is 7.11 Å². The molecule has 4 nitrogen and oxygen atoms in total. The van der Waals surface area contributed by atoms with Crippen molar-refractivity contribution in [3.8, 4) is 0 Å². The first kappa shape index (κ1) is 10.6. The highest BCUT2D eigenvalue weighted by molar-refractivity contribution is 5.75. The Balaban J connectivity index is 2.69. The van der Waals surface area contributed by atoms with Gasteiger partial charge in [0.15, 0.2) is 5.96 Å². The maximum atomic E-state index is 13.0. The predicted molar refractivity (Wildman–Crippen MR) is 53.1 cm³/mol. The van der Waals surface area contributed by atoms with Gasteiger partial charge in [0.25, 0.3) is 0 Å². The van der Waals surface area contributed by atoms with E-state index in [1.54, 1.807) is 6.08 Å². The number of rotatable bonds is 3. The minimum atomic E-state index is -0.221. The van der Waals surface area contributed by atoms with Gasteiger partial charge in [-0.3, -0.25) is 0 Å². The number of guanidine groups is 1. The SMILES string of the molecule is COC1=C(F)CCC(CN=C(N)N)=C1. The third kappa shape index (κ3) is 2.76. The summed E-state index contributed by atoms with van der Waals surface area (Å²) < 4.78 is 17.9. The first-order chi connectivity index (χ1) is 6.63. The lowest BCUT2D eigenvalue weighted by Crippen LogP contribution is -2.23. The van der Waals surface area contributed by atoms with Crippen LogP contribution in [0.1, 0.15) is 12.8 Å². The van der Waals surface area contributed by atoms with E-state index in [4.69, 9.17) is 16.2 Å². The normalized spacial score (nSPS) is 16.3. The smallest absolute Gasteiger partial charge is 0.186 e. The molecular formula is C9H14FN3O. The van der Waals surface area contributed by atoms with Crippen LogP contribution < -0.4 is 11.5 Å². The number of aliphatic imine (C=N–C) groups is 1. The van der Waals surface area contributed by atoms with Crippen LogP contribution in [0.3, 0.4) is 0 Å². The van der Waals surface area contributed by atoms with Crippen molar-refractivity contribution in [3.05, 3.63) is 23.2 Å². The Kier molecular flexibility index (Phi) is 3.50. The van der Waals surface area contributed by atoms with Gasteiger partial charge in [0, 0.05) is 6.42 Å². The number of hydrogen-bond donors (Lipinski definition) is 2. The quantitative estimate of drug-likeness (QED) is 0.521. The van der Waals surface area contributed by atoms with E-state index in [1.807, 2.05) is 0 Å². The largest absolute Gasteiger partial charge is 0.494 e. The molecular weight excluding hydrogens is 185 g/mol. The second kappa shape index (κ2) is 4.64. The van der Waals surface area contributed by atoms with Crippen LogP contribution in [0, 0.1) is 0 Å². The fourth-order valence-electron chi connectivity index (χ4n) is 1.22. The fourth-order valence-corrected chi connectivity index (χ4v) is 1.22. The zero-order valence-corrected chi connectivity index (χ0v) is 8.09. The van der Waals surface area contributed by atoms with E-state index in [-0.39, 0.29) is 17.5 Å². The van der Waals surface area contributed by atoms with Crippen molar-refractivity contribution in [1.82, 2.24) is 0 Å². The first-order valence-corrected chi connectivity index (χ1v) is 4.31. The van der Waals surface area contributed by atoms with Crippen molar-refractivity contribution >= 4 is 5.96 Å². The van der Waals surface area contributed by atoms with Crippen LogP contribution in [0.15, 0.2) is 28.2 Å². The number of allylic oxidation sites excluding steroid dienone is 2. The molecule has 0 saturated carbocycles. The Morgan fingerprint density at radius 3 is 2.86 bits per heavy atom. The monoisotopic (exact) mass is 199 g/mol. The first-order valence-electron chi connectivity index (χ1n) is 4.31. The van der Waals surface area contributed by atoms with Crippen molar-refractivity contribution in [2.75, 3.05) is 13.7 Å². The summed E-state index contributed by atoms with van der Waals surface area (Å²) >= 11 is 0. The molecule has 78 valence electrons. The third-order valence-electron chi connectivity index (χ3n) is 1.95. The minimum Gasteiger partial charge on any atom is -0.494 e. The van der Waals surface area contributed by atoms with Crippen LogP contribution in [-0.4, -0.2) is 19.6 Å². The van der Waals surface area contributed by atoms with Gasteiger partial charge in [-0.1, -0.05) is 0 Å². The van der Waals surface area contributed by atoms with Crippen molar-refractivity contribution in [2.24, 2.45) is 16.5 Å². The Labute approximate surface area is 82.1 Å². The molecule has 0 unspecified atom stereocenters. The summed E-state index contributed by atoms with van der Waals surface area (Å²) in [7, 11) is 1.44. The van der Waals surface area contributed by atoms with E-state index >= 15 is 0 Å². The molecule has 1 aliphatic rings. The zero-order valence-electron chi connectivity index (χ0n) is 8.09. The highest BCUT2D eigenvalue weighted by Gasteiger charge is 2.13. The molecule has 0 aliphatic heterocycles. The topological polar surface area (TPSA) is 73.6 Å². The van der Waals surface area contributed by atoms with Crippen LogP contribution in [0.5, 0.6) is 0 Å². The molecule has 5 heteroatoms. The van der Waals surface area contributed by atoms with Gasteiger partial charge in [-0.2, -0.15) is 0 Å². The maximum Gasteiger partial charge on any atom is 0.186 e. The second-order valence-electron chi connectivity index (χ2n) is 3.02. The maximum absolute atomic E-state index is 13.0. The van der Waals surface area contributed by atoms with E-state index in [0.29, 0.717) is 19.4 Å². The molecule has 1 aliphatic carbocycles. The summed E-state index contributed by atoms with van der Waals surface area (Å²) in [5.74, 6) is 0.0953. The average Bonchev–Trinajstić information content (AvgIpc) is 2.16.